The molecule has 148 valence electrons. The summed E-state index contributed by atoms with van der Waals surface area (Å²) in [6, 6.07) is 6.59. The number of benzene rings is 1. The van der Waals surface area contributed by atoms with Crippen LogP contribution in [-0.2, 0) is 16.8 Å². The number of carbonyl (C=O) groups excluding carboxylic acids is 1. The fourth-order valence-electron chi connectivity index (χ4n) is 3.82. The Morgan fingerprint density at radius 1 is 1.30 bits per heavy atom. The van der Waals surface area contributed by atoms with Gasteiger partial charge in [-0.3, -0.25) is 4.79 Å². The van der Waals surface area contributed by atoms with Crippen LogP contribution in [0.15, 0.2) is 23.1 Å². The number of carbonyl (C=O) groups is 1. The summed E-state index contributed by atoms with van der Waals surface area (Å²) in [5.74, 6) is 2.85. The van der Waals surface area contributed by atoms with Crippen LogP contribution in [0.4, 0.5) is 0 Å². The van der Waals surface area contributed by atoms with Crippen LogP contribution in [0.3, 0.4) is 0 Å². The number of hydrogen-bond acceptors (Lipinski definition) is 4. The predicted molar refractivity (Wildman–Crippen MR) is 113 cm³/mol. The van der Waals surface area contributed by atoms with Gasteiger partial charge in [-0.1, -0.05) is 20.8 Å². The highest BCUT2D eigenvalue weighted by molar-refractivity contribution is 7.99. The Kier molecular flexibility index (Phi) is 6.16. The van der Waals surface area contributed by atoms with E-state index in [1.807, 2.05) is 4.90 Å². The minimum Gasteiger partial charge on any atom is -0.343 e. The van der Waals surface area contributed by atoms with E-state index in [2.05, 4.69) is 43.5 Å². The number of rotatable bonds is 5. The minimum atomic E-state index is -0.0102. The maximum Gasteiger partial charge on any atom is 0.219 e. The molecule has 1 aliphatic heterocycles. The first kappa shape index (κ1) is 20.2. The Morgan fingerprint density at radius 2 is 2.00 bits per heavy atom. The van der Waals surface area contributed by atoms with Gasteiger partial charge in [0.15, 0.2) is 0 Å². The first-order valence-corrected chi connectivity index (χ1v) is 10.9. The Hall–Kier alpha value is -1.53. The van der Waals surface area contributed by atoms with Crippen molar-refractivity contribution in [1.29, 1.82) is 0 Å². The van der Waals surface area contributed by atoms with Gasteiger partial charge in [-0.15, -0.1) is 11.8 Å². The van der Waals surface area contributed by atoms with Gasteiger partial charge in [0.05, 0.1) is 11.0 Å². The third kappa shape index (κ3) is 4.66. The smallest absolute Gasteiger partial charge is 0.219 e. The molecule has 0 bridgehead atoms. The second-order valence-electron chi connectivity index (χ2n) is 8.53. The molecule has 6 heteroatoms. The fourth-order valence-corrected chi connectivity index (χ4v) is 4.53. The molecular weight excluding hydrogens is 356 g/mol. The van der Waals surface area contributed by atoms with Crippen molar-refractivity contribution in [3.8, 4) is 0 Å². The quantitative estimate of drug-likeness (QED) is 0.794. The molecular formula is C21H32N4OS. The maximum absolute atomic E-state index is 11.6. The summed E-state index contributed by atoms with van der Waals surface area (Å²) in [4.78, 5) is 19.8. The van der Waals surface area contributed by atoms with Gasteiger partial charge in [0, 0.05) is 49.2 Å². The summed E-state index contributed by atoms with van der Waals surface area (Å²) < 4.78 is 2.42. The van der Waals surface area contributed by atoms with E-state index in [1.54, 1.807) is 18.7 Å². The molecule has 1 saturated heterocycles. The summed E-state index contributed by atoms with van der Waals surface area (Å²) in [5, 5.41) is 0. The van der Waals surface area contributed by atoms with Crippen molar-refractivity contribution in [3.63, 3.8) is 0 Å². The van der Waals surface area contributed by atoms with Gasteiger partial charge in [-0.05, 0) is 37.0 Å². The highest BCUT2D eigenvalue weighted by atomic mass is 32.2. The summed E-state index contributed by atoms with van der Waals surface area (Å²) >= 11 is 1.78. The first-order chi connectivity index (χ1) is 12.8. The molecule has 0 spiro atoms. The molecule has 1 amide bonds. The molecule has 1 aliphatic rings. The molecule has 27 heavy (non-hydrogen) atoms. The van der Waals surface area contributed by atoms with Crippen LogP contribution >= 0.6 is 11.8 Å². The Balaban J connectivity index is 1.87. The van der Waals surface area contributed by atoms with Gasteiger partial charge < -0.3 is 15.2 Å². The SMILES string of the molecule is CC(=O)N1CCC(Cn2c(C(C)(C)C)nc3cc(SCCN)ccc32)CC1. The van der Waals surface area contributed by atoms with Crippen molar-refractivity contribution in [2.24, 2.45) is 11.7 Å². The van der Waals surface area contributed by atoms with Gasteiger partial charge in [-0.2, -0.15) is 0 Å². The molecule has 0 aliphatic carbocycles. The number of hydrogen-bond donors (Lipinski definition) is 1. The summed E-state index contributed by atoms with van der Waals surface area (Å²) in [6.45, 7) is 11.8. The largest absolute Gasteiger partial charge is 0.343 e. The molecule has 2 aromatic rings. The van der Waals surface area contributed by atoms with Crippen LogP contribution < -0.4 is 5.73 Å². The molecule has 0 unspecified atom stereocenters. The molecule has 0 saturated carbocycles. The van der Waals surface area contributed by atoms with E-state index in [1.165, 1.54) is 10.4 Å². The molecule has 0 atom stereocenters. The monoisotopic (exact) mass is 388 g/mol. The summed E-state index contributed by atoms with van der Waals surface area (Å²) in [6.07, 6.45) is 2.13. The topological polar surface area (TPSA) is 64.2 Å². The van der Waals surface area contributed by atoms with Gasteiger partial charge in [0.2, 0.25) is 5.91 Å². The van der Waals surface area contributed by atoms with Crippen LogP contribution in [0.25, 0.3) is 11.0 Å². The second kappa shape index (κ2) is 8.23. The summed E-state index contributed by atoms with van der Waals surface area (Å²) in [7, 11) is 0. The van der Waals surface area contributed by atoms with Crippen LogP contribution in [0.1, 0.15) is 46.4 Å². The zero-order valence-corrected chi connectivity index (χ0v) is 17.8. The molecule has 0 radical (unpaired) electrons. The standard InChI is InChI=1S/C21H32N4OS/c1-15(26)24-10-7-16(8-11-24)14-25-19-6-5-17(27-12-9-22)13-18(19)23-20(25)21(2,3)4/h5-6,13,16H,7-12,14,22H2,1-4H3. The number of piperidine rings is 1. The number of thioether (sulfide) groups is 1. The van der Waals surface area contributed by atoms with Crippen molar-refractivity contribution in [1.82, 2.24) is 14.5 Å². The third-order valence-electron chi connectivity index (χ3n) is 5.28. The van der Waals surface area contributed by atoms with Crippen LogP contribution in [-0.4, -0.2) is 45.7 Å². The Bertz CT molecular complexity index is 800. The van der Waals surface area contributed by atoms with E-state index >= 15 is 0 Å². The second-order valence-corrected chi connectivity index (χ2v) is 9.70. The lowest BCUT2D eigenvalue weighted by molar-refractivity contribution is -0.130. The number of nitrogens with zero attached hydrogens (tertiary/aromatic N) is 3. The number of likely N-dealkylation sites (tertiary alicyclic amines) is 1. The minimum absolute atomic E-state index is 0.0102. The van der Waals surface area contributed by atoms with Gasteiger partial charge in [-0.25, -0.2) is 4.98 Å². The Morgan fingerprint density at radius 3 is 2.59 bits per heavy atom. The van der Waals surface area contributed by atoms with Crippen molar-refractivity contribution in [3.05, 3.63) is 24.0 Å². The number of amides is 1. The molecule has 2 N–H and O–H groups in total. The maximum atomic E-state index is 11.6. The number of nitrogens with two attached hydrogens (primary N) is 1. The van der Waals surface area contributed by atoms with Crippen molar-refractivity contribution in [2.45, 2.75) is 57.4 Å². The molecule has 1 fully saturated rings. The van der Waals surface area contributed by atoms with Gasteiger partial charge in [0.1, 0.15) is 5.82 Å². The van der Waals surface area contributed by atoms with Crippen molar-refractivity contribution in [2.75, 3.05) is 25.4 Å². The molecule has 1 aromatic heterocycles. The van der Waals surface area contributed by atoms with E-state index in [4.69, 9.17) is 10.7 Å². The first-order valence-electron chi connectivity index (χ1n) is 9.88. The summed E-state index contributed by atoms with van der Waals surface area (Å²) in [5.41, 5.74) is 7.92. The van der Waals surface area contributed by atoms with Crippen LogP contribution in [0.2, 0.25) is 0 Å². The predicted octanol–water partition coefficient (Wildman–Crippen LogP) is 3.64. The lowest BCUT2D eigenvalue weighted by atomic mass is 9.93. The van der Waals surface area contributed by atoms with Crippen LogP contribution in [0, 0.1) is 5.92 Å². The highest BCUT2D eigenvalue weighted by Gasteiger charge is 2.27. The van der Waals surface area contributed by atoms with Gasteiger partial charge >= 0.3 is 0 Å². The zero-order valence-electron chi connectivity index (χ0n) is 17.0. The molecule has 1 aromatic carbocycles. The number of imidazole rings is 1. The molecule has 5 nitrogen and oxygen atoms in total. The average Bonchev–Trinajstić information content (AvgIpc) is 2.98. The fraction of sp³-hybridized carbons (Fsp3) is 0.619. The molecule has 3 rings (SSSR count). The van der Waals surface area contributed by atoms with Gasteiger partial charge in [0.25, 0.3) is 0 Å². The lowest BCUT2D eigenvalue weighted by Gasteiger charge is -2.32. The normalized spacial score (nSPS) is 16.3. The number of fused-ring (bicyclic) bond motifs is 1. The van der Waals surface area contributed by atoms with Crippen molar-refractivity contribution >= 4 is 28.7 Å². The lowest BCUT2D eigenvalue weighted by Crippen LogP contribution is -2.38. The van der Waals surface area contributed by atoms with E-state index in [0.29, 0.717) is 12.5 Å². The van der Waals surface area contributed by atoms with E-state index in [0.717, 1.165) is 49.6 Å². The van der Waals surface area contributed by atoms with Crippen LogP contribution in [0.5, 0.6) is 0 Å². The Labute approximate surface area is 166 Å². The third-order valence-corrected chi connectivity index (χ3v) is 6.30. The highest BCUT2D eigenvalue weighted by Crippen LogP contribution is 2.31. The molecule has 2 heterocycles. The van der Waals surface area contributed by atoms with E-state index in [9.17, 15) is 4.79 Å². The number of aromatic nitrogens is 2. The average molecular weight is 389 g/mol. The van der Waals surface area contributed by atoms with E-state index < -0.39 is 0 Å². The zero-order chi connectivity index (χ0) is 19.6. The van der Waals surface area contributed by atoms with E-state index in [-0.39, 0.29) is 11.3 Å². The van der Waals surface area contributed by atoms with Crippen molar-refractivity contribution < 1.29 is 4.79 Å².